The van der Waals surface area contributed by atoms with Gasteiger partial charge in [0.2, 0.25) is 0 Å². The Morgan fingerprint density at radius 1 is 1.75 bits per heavy atom. The molecule has 0 aromatic heterocycles. The summed E-state index contributed by atoms with van der Waals surface area (Å²) in [4.78, 5) is 11.6. The van der Waals surface area contributed by atoms with E-state index in [1.807, 2.05) is 13.8 Å². The van der Waals surface area contributed by atoms with E-state index in [2.05, 4.69) is 5.32 Å². The molecule has 0 aromatic carbocycles. The molecule has 0 bridgehead atoms. The lowest BCUT2D eigenvalue weighted by Crippen LogP contribution is -2.44. The minimum absolute atomic E-state index is 0.134. The molecule has 1 fully saturated rings. The molecule has 3 nitrogen and oxygen atoms in total. The number of nitrogens with one attached hydrogen (secondary N) is 1. The number of carbonyl (C=O) groups is 1. The molecule has 1 saturated heterocycles. The largest absolute Gasteiger partial charge is 0.368 e. The van der Waals surface area contributed by atoms with Crippen molar-refractivity contribution in [2.75, 3.05) is 19.7 Å². The van der Waals surface area contributed by atoms with Crippen molar-refractivity contribution in [2.24, 2.45) is 5.92 Å². The predicted octanol–water partition coefficient (Wildman–Crippen LogP) is 0.590. The van der Waals surface area contributed by atoms with Crippen LogP contribution in [0.3, 0.4) is 0 Å². The normalized spacial score (nSPS) is 26.7. The minimum atomic E-state index is -0.200. The van der Waals surface area contributed by atoms with Gasteiger partial charge in [0.25, 0.3) is 0 Å². The fraction of sp³-hybridized carbons (Fsp3) is 0.889. The minimum Gasteiger partial charge on any atom is -0.368 e. The molecule has 0 amide bonds. The number of hydrogen-bond donors (Lipinski definition) is 1. The summed E-state index contributed by atoms with van der Waals surface area (Å²) in [5, 5.41) is 3.15. The monoisotopic (exact) mass is 171 g/mol. The van der Waals surface area contributed by atoms with E-state index in [-0.39, 0.29) is 17.8 Å². The van der Waals surface area contributed by atoms with Crippen LogP contribution in [0.1, 0.15) is 20.3 Å². The first-order valence-corrected chi connectivity index (χ1v) is 4.61. The summed E-state index contributed by atoms with van der Waals surface area (Å²) in [5.41, 5.74) is 0. The summed E-state index contributed by atoms with van der Waals surface area (Å²) in [5.74, 6) is 0.375. The second kappa shape index (κ2) is 4.58. The van der Waals surface area contributed by atoms with Gasteiger partial charge in [0.1, 0.15) is 6.10 Å². The molecular formula is C9H17NO2. The van der Waals surface area contributed by atoms with Crippen LogP contribution >= 0.6 is 0 Å². The lowest BCUT2D eigenvalue weighted by atomic mass is 9.99. The molecular weight excluding hydrogens is 154 g/mol. The Labute approximate surface area is 73.5 Å². The Morgan fingerprint density at radius 2 is 2.50 bits per heavy atom. The maximum absolute atomic E-state index is 11.6. The SMILES string of the molecule is CCC(C)C(=O)C1CNCCO1. The number of ether oxygens (including phenoxy) is 1. The molecule has 12 heavy (non-hydrogen) atoms. The topological polar surface area (TPSA) is 38.3 Å². The van der Waals surface area contributed by atoms with Crippen molar-refractivity contribution in [1.29, 1.82) is 0 Å². The van der Waals surface area contributed by atoms with Crippen molar-refractivity contribution in [3.05, 3.63) is 0 Å². The van der Waals surface area contributed by atoms with Crippen LogP contribution in [-0.4, -0.2) is 31.6 Å². The predicted molar refractivity (Wildman–Crippen MR) is 47.1 cm³/mol. The van der Waals surface area contributed by atoms with Crippen molar-refractivity contribution in [2.45, 2.75) is 26.4 Å². The molecule has 1 heterocycles. The molecule has 1 N–H and O–H groups in total. The third-order valence-electron chi connectivity index (χ3n) is 2.34. The number of ketones is 1. The maximum Gasteiger partial charge on any atom is 0.165 e. The Morgan fingerprint density at radius 3 is 3.00 bits per heavy atom. The van der Waals surface area contributed by atoms with Gasteiger partial charge < -0.3 is 10.1 Å². The smallest absolute Gasteiger partial charge is 0.165 e. The van der Waals surface area contributed by atoms with Gasteiger partial charge in [-0.1, -0.05) is 13.8 Å². The average molecular weight is 171 g/mol. The summed E-state index contributed by atoms with van der Waals surface area (Å²) >= 11 is 0. The number of carbonyl (C=O) groups excluding carboxylic acids is 1. The lowest BCUT2D eigenvalue weighted by Gasteiger charge is -2.24. The Bertz CT molecular complexity index is 153. The lowest BCUT2D eigenvalue weighted by molar-refractivity contribution is -0.135. The highest BCUT2D eigenvalue weighted by atomic mass is 16.5. The number of Topliss-reactive ketones (excluding diaryl/α,β-unsaturated/α-hetero) is 1. The third kappa shape index (κ3) is 2.29. The highest BCUT2D eigenvalue weighted by Gasteiger charge is 2.24. The van der Waals surface area contributed by atoms with Gasteiger partial charge in [0.05, 0.1) is 6.61 Å². The van der Waals surface area contributed by atoms with Gasteiger partial charge in [-0.25, -0.2) is 0 Å². The zero-order valence-electron chi connectivity index (χ0n) is 7.80. The van der Waals surface area contributed by atoms with Crippen molar-refractivity contribution in [3.8, 4) is 0 Å². The van der Waals surface area contributed by atoms with E-state index < -0.39 is 0 Å². The van der Waals surface area contributed by atoms with Gasteiger partial charge in [0, 0.05) is 19.0 Å². The average Bonchev–Trinajstić information content (AvgIpc) is 2.17. The van der Waals surface area contributed by atoms with Gasteiger partial charge >= 0.3 is 0 Å². The Kier molecular flexibility index (Phi) is 3.69. The van der Waals surface area contributed by atoms with E-state index in [1.165, 1.54) is 0 Å². The van der Waals surface area contributed by atoms with Gasteiger partial charge in [-0.2, -0.15) is 0 Å². The molecule has 1 aliphatic heterocycles. The first-order chi connectivity index (χ1) is 5.75. The molecule has 0 spiro atoms. The quantitative estimate of drug-likeness (QED) is 0.675. The van der Waals surface area contributed by atoms with Crippen LogP contribution in [0.25, 0.3) is 0 Å². The molecule has 2 atom stereocenters. The van der Waals surface area contributed by atoms with E-state index in [0.29, 0.717) is 13.2 Å². The fourth-order valence-electron chi connectivity index (χ4n) is 1.27. The first-order valence-electron chi connectivity index (χ1n) is 4.61. The van der Waals surface area contributed by atoms with Crippen LogP contribution in [0.5, 0.6) is 0 Å². The zero-order chi connectivity index (χ0) is 8.97. The Hall–Kier alpha value is -0.410. The zero-order valence-corrected chi connectivity index (χ0v) is 7.80. The summed E-state index contributed by atoms with van der Waals surface area (Å²) in [6.07, 6.45) is 0.701. The summed E-state index contributed by atoms with van der Waals surface area (Å²) < 4.78 is 5.35. The van der Waals surface area contributed by atoms with Crippen LogP contribution in [0.2, 0.25) is 0 Å². The van der Waals surface area contributed by atoms with Crippen LogP contribution in [0, 0.1) is 5.92 Å². The van der Waals surface area contributed by atoms with Crippen LogP contribution in [-0.2, 0) is 9.53 Å². The van der Waals surface area contributed by atoms with Gasteiger partial charge in [-0.15, -0.1) is 0 Å². The number of hydrogen-bond acceptors (Lipinski definition) is 3. The molecule has 0 saturated carbocycles. The van der Waals surface area contributed by atoms with Crippen molar-refractivity contribution in [3.63, 3.8) is 0 Å². The van der Waals surface area contributed by atoms with E-state index in [4.69, 9.17) is 4.74 Å². The molecule has 0 radical (unpaired) electrons. The van der Waals surface area contributed by atoms with Crippen LogP contribution < -0.4 is 5.32 Å². The molecule has 70 valence electrons. The summed E-state index contributed by atoms with van der Waals surface area (Å²) in [7, 11) is 0. The van der Waals surface area contributed by atoms with Crippen LogP contribution in [0.4, 0.5) is 0 Å². The highest BCUT2D eigenvalue weighted by Crippen LogP contribution is 2.09. The molecule has 0 aromatic rings. The standard InChI is InChI=1S/C9H17NO2/c1-3-7(2)9(11)8-6-10-4-5-12-8/h7-8,10H,3-6H2,1-2H3. The molecule has 0 aliphatic carbocycles. The van der Waals surface area contributed by atoms with E-state index in [0.717, 1.165) is 13.0 Å². The number of morpholine rings is 1. The molecule has 1 rings (SSSR count). The summed E-state index contributed by atoms with van der Waals surface area (Å²) in [6.45, 7) is 6.19. The van der Waals surface area contributed by atoms with Gasteiger partial charge in [-0.05, 0) is 6.42 Å². The molecule has 3 heteroatoms. The fourth-order valence-corrected chi connectivity index (χ4v) is 1.27. The van der Waals surface area contributed by atoms with E-state index in [1.54, 1.807) is 0 Å². The van der Waals surface area contributed by atoms with E-state index >= 15 is 0 Å². The molecule has 2 unspecified atom stereocenters. The second-order valence-electron chi connectivity index (χ2n) is 3.28. The third-order valence-corrected chi connectivity index (χ3v) is 2.34. The second-order valence-corrected chi connectivity index (χ2v) is 3.28. The maximum atomic E-state index is 11.6. The van der Waals surface area contributed by atoms with Crippen LogP contribution in [0.15, 0.2) is 0 Å². The number of rotatable bonds is 3. The van der Waals surface area contributed by atoms with Gasteiger partial charge in [-0.3, -0.25) is 4.79 Å². The molecule has 1 aliphatic rings. The van der Waals surface area contributed by atoms with Crippen molar-refractivity contribution in [1.82, 2.24) is 5.32 Å². The summed E-state index contributed by atoms with van der Waals surface area (Å²) in [6, 6.07) is 0. The van der Waals surface area contributed by atoms with Crippen molar-refractivity contribution < 1.29 is 9.53 Å². The highest BCUT2D eigenvalue weighted by molar-refractivity contribution is 5.85. The first kappa shape index (κ1) is 9.68. The van der Waals surface area contributed by atoms with Gasteiger partial charge in [0.15, 0.2) is 5.78 Å². The van der Waals surface area contributed by atoms with Crippen molar-refractivity contribution >= 4 is 5.78 Å². The Balaban J connectivity index is 2.39. The van der Waals surface area contributed by atoms with E-state index in [9.17, 15) is 4.79 Å².